The highest BCUT2D eigenvalue weighted by Crippen LogP contribution is 2.32. The molecule has 122 valence electrons. The van der Waals surface area contributed by atoms with Gasteiger partial charge in [0, 0.05) is 13.1 Å². The lowest BCUT2D eigenvalue weighted by atomic mass is 9.77. The van der Waals surface area contributed by atoms with E-state index in [1.807, 2.05) is 0 Å². The number of carbonyl (C=O) groups is 2. The first-order valence-corrected chi connectivity index (χ1v) is 8.78. The minimum Gasteiger partial charge on any atom is -0.480 e. The molecule has 2 amide bonds. The van der Waals surface area contributed by atoms with Gasteiger partial charge >= 0.3 is 12.0 Å². The summed E-state index contributed by atoms with van der Waals surface area (Å²) in [5.41, 5.74) is -1.22. The van der Waals surface area contributed by atoms with E-state index < -0.39 is 27.6 Å². The lowest BCUT2D eigenvalue weighted by Crippen LogP contribution is -2.59. The number of hydrogen-bond acceptors (Lipinski definition) is 4. The quantitative estimate of drug-likeness (QED) is 0.507. The average molecular weight is 321 g/mol. The van der Waals surface area contributed by atoms with Crippen molar-refractivity contribution in [3.05, 3.63) is 0 Å². The summed E-state index contributed by atoms with van der Waals surface area (Å²) in [7, 11) is -3.30. The van der Waals surface area contributed by atoms with E-state index in [0.717, 1.165) is 19.1 Å². The molecule has 0 saturated heterocycles. The van der Waals surface area contributed by atoms with E-state index in [4.69, 9.17) is 0 Å². The maximum Gasteiger partial charge on any atom is 0.329 e. The van der Waals surface area contributed by atoms with E-state index in [1.165, 1.54) is 0 Å². The monoisotopic (exact) mass is 321 g/mol. The highest BCUT2D eigenvalue weighted by molar-refractivity contribution is 7.88. The lowest BCUT2D eigenvalue weighted by molar-refractivity contribution is -0.146. The van der Waals surface area contributed by atoms with Crippen LogP contribution in [-0.4, -0.2) is 50.4 Å². The van der Waals surface area contributed by atoms with Crippen LogP contribution in [0.15, 0.2) is 0 Å². The molecule has 0 bridgehead atoms. The van der Waals surface area contributed by atoms with Crippen LogP contribution in [0.1, 0.15) is 32.6 Å². The standard InChI is InChI=1S/C12H23N3O5S/c1-9-3-5-12(6-4-9,10(16)17)15-11(18)13-7-8-14-21(2,19)20/h9,14H,3-8H2,1-2H3,(H,16,17)(H2,13,15,18). The molecule has 0 aliphatic heterocycles. The second kappa shape index (κ2) is 7.08. The molecule has 21 heavy (non-hydrogen) atoms. The molecule has 1 fully saturated rings. The van der Waals surface area contributed by atoms with Gasteiger partial charge in [0.2, 0.25) is 10.0 Å². The number of carboxylic acid groups (broad SMARTS) is 1. The fraction of sp³-hybridized carbons (Fsp3) is 0.833. The van der Waals surface area contributed by atoms with Crippen molar-refractivity contribution in [2.75, 3.05) is 19.3 Å². The Hall–Kier alpha value is -1.35. The van der Waals surface area contributed by atoms with Gasteiger partial charge in [-0.2, -0.15) is 0 Å². The van der Waals surface area contributed by atoms with Gasteiger partial charge in [-0.1, -0.05) is 6.92 Å². The molecule has 1 aliphatic rings. The first-order valence-electron chi connectivity index (χ1n) is 6.89. The molecule has 0 spiro atoms. The Bertz CT molecular complexity index is 483. The average Bonchev–Trinajstić information content (AvgIpc) is 2.36. The molecule has 4 N–H and O–H groups in total. The fourth-order valence-corrected chi connectivity index (χ4v) is 2.79. The van der Waals surface area contributed by atoms with Crippen molar-refractivity contribution in [3.8, 4) is 0 Å². The van der Waals surface area contributed by atoms with Crippen LogP contribution in [0.5, 0.6) is 0 Å². The van der Waals surface area contributed by atoms with Crippen LogP contribution in [0.4, 0.5) is 4.79 Å². The van der Waals surface area contributed by atoms with Crippen LogP contribution < -0.4 is 15.4 Å². The van der Waals surface area contributed by atoms with E-state index in [9.17, 15) is 23.1 Å². The van der Waals surface area contributed by atoms with Crippen LogP contribution in [0.25, 0.3) is 0 Å². The molecule has 0 aromatic heterocycles. The van der Waals surface area contributed by atoms with Crippen molar-refractivity contribution >= 4 is 22.0 Å². The molecular formula is C12H23N3O5S. The second-order valence-electron chi connectivity index (χ2n) is 5.62. The summed E-state index contributed by atoms with van der Waals surface area (Å²) in [6.07, 6.45) is 3.33. The molecule has 0 aromatic carbocycles. The zero-order valence-electron chi connectivity index (χ0n) is 12.3. The van der Waals surface area contributed by atoms with Crippen molar-refractivity contribution in [1.29, 1.82) is 0 Å². The molecule has 1 saturated carbocycles. The number of carbonyl (C=O) groups excluding carboxylic acids is 1. The largest absolute Gasteiger partial charge is 0.480 e. The number of carboxylic acids is 1. The second-order valence-corrected chi connectivity index (χ2v) is 7.45. The third-order valence-corrected chi connectivity index (χ3v) is 4.39. The zero-order chi connectivity index (χ0) is 16.1. The predicted molar refractivity (Wildman–Crippen MR) is 77.4 cm³/mol. The molecule has 1 aliphatic carbocycles. The topological polar surface area (TPSA) is 125 Å². The fourth-order valence-electron chi connectivity index (χ4n) is 2.32. The van der Waals surface area contributed by atoms with Gasteiger partial charge < -0.3 is 15.7 Å². The normalized spacial score (nSPS) is 26.1. The Labute approximate surface area is 124 Å². The van der Waals surface area contributed by atoms with Gasteiger partial charge in [-0.25, -0.2) is 22.7 Å². The van der Waals surface area contributed by atoms with Crippen molar-refractivity contribution < 1.29 is 23.1 Å². The number of sulfonamides is 1. The first kappa shape index (κ1) is 17.7. The Morgan fingerprint density at radius 2 is 1.81 bits per heavy atom. The summed E-state index contributed by atoms with van der Waals surface area (Å²) in [5, 5.41) is 14.3. The summed E-state index contributed by atoms with van der Waals surface area (Å²) in [5.74, 6) is -0.569. The molecule has 0 heterocycles. The highest BCUT2D eigenvalue weighted by atomic mass is 32.2. The number of urea groups is 1. The summed E-state index contributed by atoms with van der Waals surface area (Å²) >= 11 is 0. The van der Waals surface area contributed by atoms with Crippen molar-refractivity contribution in [1.82, 2.24) is 15.4 Å². The van der Waals surface area contributed by atoms with Gasteiger partial charge in [-0.05, 0) is 31.6 Å². The summed E-state index contributed by atoms with van der Waals surface area (Å²) in [6, 6.07) is -0.595. The highest BCUT2D eigenvalue weighted by Gasteiger charge is 2.42. The Kier molecular flexibility index (Phi) is 5.97. The molecule has 0 radical (unpaired) electrons. The number of nitrogens with one attached hydrogen (secondary N) is 3. The molecule has 8 nitrogen and oxygen atoms in total. The van der Waals surface area contributed by atoms with Crippen LogP contribution in [0.2, 0.25) is 0 Å². The third-order valence-electron chi connectivity index (χ3n) is 3.66. The molecular weight excluding hydrogens is 298 g/mol. The van der Waals surface area contributed by atoms with Crippen LogP contribution in [0, 0.1) is 5.92 Å². The molecule has 9 heteroatoms. The van der Waals surface area contributed by atoms with Gasteiger partial charge in [0.15, 0.2) is 0 Å². The smallest absolute Gasteiger partial charge is 0.329 e. The molecule has 0 aromatic rings. The molecule has 1 rings (SSSR count). The Morgan fingerprint density at radius 1 is 1.24 bits per heavy atom. The van der Waals surface area contributed by atoms with Gasteiger partial charge in [0.1, 0.15) is 5.54 Å². The van der Waals surface area contributed by atoms with Crippen molar-refractivity contribution in [2.45, 2.75) is 38.1 Å². The number of hydrogen-bond donors (Lipinski definition) is 4. The van der Waals surface area contributed by atoms with E-state index in [-0.39, 0.29) is 13.1 Å². The number of rotatable bonds is 6. The maximum absolute atomic E-state index is 11.8. The lowest BCUT2D eigenvalue weighted by Gasteiger charge is -2.36. The van der Waals surface area contributed by atoms with E-state index in [2.05, 4.69) is 22.3 Å². The van der Waals surface area contributed by atoms with Crippen molar-refractivity contribution in [3.63, 3.8) is 0 Å². The minimum absolute atomic E-state index is 0.0589. The van der Waals surface area contributed by atoms with E-state index in [0.29, 0.717) is 18.8 Å². The third kappa shape index (κ3) is 5.88. The molecule has 0 atom stereocenters. The Morgan fingerprint density at radius 3 is 2.29 bits per heavy atom. The minimum atomic E-state index is -3.30. The van der Waals surface area contributed by atoms with Gasteiger partial charge in [-0.15, -0.1) is 0 Å². The summed E-state index contributed by atoms with van der Waals surface area (Å²) < 4.78 is 23.9. The van der Waals surface area contributed by atoms with E-state index >= 15 is 0 Å². The predicted octanol–water partition coefficient (Wildman–Crippen LogP) is -0.132. The van der Waals surface area contributed by atoms with Gasteiger partial charge in [0.05, 0.1) is 6.26 Å². The van der Waals surface area contributed by atoms with E-state index in [1.54, 1.807) is 0 Å². The van der Waals surface area contributed by atoms with Crippen LogP contribution in [-0.2, 0) is 14.8 Å². The van der Waals surface area contributed by atoms with Crippen LogP contribution in [0.3, 0.4) is 0 Å². The van der Waals surface area contributed by atoms with Gasteiger partial charge in [-0.3, -0.25) is 0 Å². The SMILES string of the molecule is CC1CCC(NC(=O)NCCNS(C)(=O)=O)(C(=O)O)CC1. The van der Waals surface area contributed by atoms with Gasteiger partial charge in [0.25, 0.3) is 0 Å². The summed E-state index contributed by atoms with van der Waals surface area (Å²) in [4.78, 5) is 23.2. The Balaban J connectivity index is 2.45. The first-order chi connectivity index (χ1) is 9.65. The number of aliphatic carboxylic acids is 1. The summed E-state index contributed by atoms with van der Waals surface area (Å²) in [6.45, 7) is 2.21. The molecule has 0 unspecified atom stereocenters. The zero-order valence-corrected chi connectivity index (χ0v) is 13.1. The van der Waals surface area contributed by atoms with Crippen LogP contribution >= 0.6 is 0 Å². The van der Waals surface area contributed by atoms with Crippen molar-refractivity contribution in [2.24, 2.45) is 5.92 Å². The number of amides is 2. The maximum atomic E-state index is 11.8.